The largest absolute Gasteiger partial charge is 0.334 e. The zero-order valence-corrected chi connectivity index (χ0v) is 21.9. The number of hydrogen-bond acceptors (Lipinski definition) is 3. The van der Waals surface area contributed by atoms with Gasteiger partial charge in [-0.05, 0) is 54.5 Å². The summed E-state index contributed by atoms with van der Waals surface area (Å²) < 4.78 is 0. The van der Waals surface area contributed by atoms with E-state index < -0.39 is 0 Å². The smallest absolute Gasteiger partial charge is 0.242 e. The van der Waals surface area contributed by atoms with Gasteiger partial charge >= 0.3 is 0 Å². The summed E-state index contributed by atoms with van der Waals surface area (Å²) in [6.45, 7) is 5.38. The Morgan fingerprint density at radius 1 is 1.06 bits per heavy atom. The highest BCUT2D eigenvalue weighted by atomic mass is 35.5. The van der Waals surface area contributed by atoms with Gasteiger partial charge in [-0.15, -0.1) is 11.3 Å². The molecule has 0 saturated carbocycles. The first-order chi connectivity index (χ1) is 16.0. The number of hydrogen-bond donors (Lipinski definition) is 0. The number of benzene rings is 1. The van der Waals surface area contributed by atoms with Crippen LogP contribution in [0, 0.1) is 0 Å². The third-order valence-electron chi connectivity index (χ3n) is 6.35. The molecule has 0 spiro atoms. The van der Waals surface area contributed by atoms with Gasteiger partial charge in [0, 0.05) is 34.4 Å². The average Bonchev–Trinajstić information content (AvgIpc) is 3.28. The maximum absolute atomic E-state index is 13.5. The summed E-state index contributed by atoms with van der Waals surface area (Å²) in [7, 11) is 0. The molecule has 1 aliphatic heterocycles. The number of nitrogens with zero attached hydrogens (tertiary/aromatic N) is 2. The zero-order valence-electron chi connectivity index (χ0n) is 19.6. The molecule has 0 radical (unpaired) electrons. The zero-order chi connectivity index (χ0) is 23.8. The van der Waals surface area contributed by atoms with Crippen LogP contribution in [0.5, 0.6) is 0 Å². The van der Waals surface area contributed by atoms with Crippen LogP contribution in [-0.4, -0.2) is 41.2 Å². The van der Waals surface area contributed by atoms with Crippen molar-refractivity contribution in [3.05, 3.63) is 55.7 Å². The minimum Gasteiger partial charge on any atom is -0.334 e. The highest BCUT2D eigenvalue weighted by molar-refractivity contribution is 7.10. The Bertz CT molecular complexity index is 946. The lowest BCUT2D eigenvalue weighted by atomic mass is 9.93. The van der Waals surface area contributed by atoms with Gasteiger partial charge in [0.25, 0.3) is 0 Å². The van der Waals surface area contributed by atoms with Crippen LogP contribution < -0.4 is 0 Å². The van der Waals surface area contributed by atoms with Gasteiger partial charge in [0.2, 0.25) is 11.8 Å². The Kier molecular flexibility index (Phi) is 10.1. The highest BCUT2D eigenvalue weighted by Crippen LogP contribution is 2.41. The highest BCUT2D eigenvalue weighted by Gasteiger charge is 2.34. The average molecular weight is 510 g/mol. The molecule has 1 atom stereocenters. The van der Waals surface area contributed by atoms with Crippen molar-refractivity contribution in [3.63, 3.8) is 0 Å². The first kappa shape index (κ1) is 26.1. The molecule has 33 heavy (non-hydrogen) atoms. The third-order valence-corrected chi connectivity index (χ3v) is 7.91. The molecule has 1 aromatic carbocycles. The second-order valence-corrected chi connectivity index (χ2v) is 10.5. The van der Waals surface area contributed by atoms with E-state index >= 15 is 0 Å². The molecule has 0 N–H and O–H groups in total. The molecule has 1 aromatic heterocycles. The van der Waals surface area contributed by atoms with Crippen molar-refractivity contribution in [1.29, 1.82) is 0 Å². The molecule has 3 rings (SSSR count). The Morgan fingerprint density at radius 3 is 2.55 bits per heavy atom. The number of halogens is 2. The summed E-state index contributed by atoms with van der Waals surface area (Å²) in [4.78, 5) is 31.1. The van der Waals surface area contributed by atoms with E-state index in [0.29, 0.717) is 29.6 Å². The van der Waals surface area contributed by atoms with Gasteiger partial charge in [0.15, 0.2) is 0 Å². The van der Waals surface area contributed by atoms with E-state index in [2.05, 4.69) is 18.4 Å². The molecule has 1 aliphatic rings. The third kappa shape index (κ3) is 6.74. The fraction of sp³-hybridized carbons (Fsp3) is 0.538. The minimum absolute atomic E-state index is 0.0407. The summed E-state index contributed by atoms with van der Waals surface area (Å²) in [6.07, 6.45) is 8.16. The quantitative estimate of drug-likeness (QED) is 0.303. The second kappa shape index (κ2) is 12.8. The Labute approximate surface area is 211 Å². The molecule has 1 unspecified atom stereocenters. The SMILES string of the molecule is CCCCCCCCC(=O)N(CC)CC(=O)N1CCc2sccc2C1c1ccc(Cl)cc1Cl. The molecule has 0 fully saturated rings. The lowest BCUT2D eigenvalue weighted by molar-refractivity contribution is -0.141. The predicted octanol–water partition coefficient (Wildman–Crippen LogP) is 7.13. The van der Waals surface area contributed by atoms with Crippen LogP contribution in [0.1, 0.15) is 80.8 Å². The summed E-state index contributed by atoms with van der Waals surface area (Å²) in [5.74, 6) is 0.0247. The molecule has 180 valence electrons. The number of fused-ring (bicyclic) bond motifs is 1. The minimum atomic E-state index is -0.260. The number of rotatable bonds is 11. The molecular formula is C26H34Cl2N2O2S. The molecule has 0 saturated heterocycles. The standard InChI is InChI=1S/C26H34Cl2N2O2S/c1-3-5-6-7-8-9-10-24(31)29(4-2)18-25(32)30-15-13-23-21(14-16-33-23)26(30)20-12-11-19(27)17-22(20)28/h11-12,14,16-17,26H,3-10,13,15,18H2,1-2H3. The van der Waals surface area contributed by atoms with Gasteiger partial charge in [0.05, 0.1) is 12.6 Å². The topological polar surface area (TPSA) is 40.6 Å². The molecule has 2 aromatic rings. The van der Waals surface area contributed by atoms with Gasteiger partial charge in [-0.25, -0.2) is 0 Å². The Balaban J connectivity index is 1.69. The van der Waals surface area contributed by atoms with Crippen molar-refractivity contribution >= 4 is 46.4 Å². The number of carbonyl (C=O) groups excluding carboxylic acids is 2. The Morgan fingerprint density at radius 2 is 1.82 bits per heavy atom. The normalized spacial score (nSPS) is 15.4. The van der Waals surface area contributed by atoms with Crippen LogP contribution in [0.25, 0.3) is 0 Å². The fourth-order valence-corrected chi connectivity index (χ4v) is 5.90. The van der Waals surface area contributed by atoms with Crippen LogP contribution in [0.4, 0.5) is 0 Å². The van der Waals surface area contributed by atoms with Crippen molar-refractivity contribution in [1.82, 2.24) is 9.80 Å². The number of likely N-dealkylation sites (N-methyl/N-ethyl adjacent to an activating group) is 1. The van der Waals surface area contributed by atoms with E-state index in [1.54, 1.807) is 22.3 Å². The van der Waals surface area contributed by atoms with Crippen LogP contribution in [0.2, 0.25) is 10.0 Å². The van der Waals surface area contributed by atoms with E-state index in [0.717, 1.165) is 30.4 Å². The molecule has 4 nitrogen and oxygen atoms in total. The molecule has 0 bridgehead atoms. The maximum Gasteiger partial charge on any atom is 0.242 e. The van der Waals surface area contributed by atoms with Crippen molar-refractivity contribution in [3.8, 4) is 0 Å². The molecular weight excluding hydrogens is 475 g/mol. The number of amides is 2. The lowest BCUT2D eigenvalue weighted by Gasteiger charge is -2.38. The van der Waals surface area contributed by atoms with E-state index in [1.165, 1.54) is 30.6 Å². The number of carbonyl (C=O) groups is 2. The van der Waals surface area contributed by atoms with Gasteiger partial charge < -0.3 is 9.80 Å². The fourth-order valence-electron chi connectivity index (χ4n) is 4.49. The summed E-state index contributed by atoms with van der Waals surface area (Å²) in [5.41, 5.74) is 1.99. The summed E-state index contributed by atoms with van der Waals surface area (Å²) >= 11 is 14.4. The van der Waals surface area contributed by atoms with Gasteiger partial charge in [0.1, 0.15) is 0 Å². The van der Waals surface area contributed by atoms with E-state index in [4.69, 9.17) is 23.2 Å². The van der Waals surface area contributed by atoms with Crippen molar-refractivity contribution < 1.29 is 9.59 Å². The van der Waals surface area contributed by atoms with Crippen molar-refractivity contribution in [2.45, 2.75) is 71.3 Å². The van der Waals surface area contributed by atoms with E-state index in [-0.39, 0.29) is 24.4 Å². The summed E-state index contributed by atoms with van der Waals surface area (Å²) in [5, 5.41) is 3.19. The number of unbranched alkanes of at least 4 members (excludes halogenated alkanes) is 5. The molecule has 0 aliphatic carbocycles. The van der Waals surface area contributed by atoms with E-state index in [9.17, 15) is 9.59 Å². The Hall–Kier alpha value is -1.56. The lowest BCUT2D eigenvalue weighted by Crippen LogP contribution is -2.46. The maximum atomic E-state index is 13.5. The van der Waals surface area contributed by atoms with Gasteiger partial charge in [-0.3, -0.25) is 9.59 Å². The number of thiophene rings is 1. The monoisotopic (exact) mass is 508 g/mol. The van der Waals surface area contributed by atoms with Crippen molar-refractivity contribution in [2.75, 3.05) is 19.6 Å². The van der Waals surface area contributed by atoms with Gasteiger partial charge in [-0.2, -0.15) is 0 Å². The van der Waals surface area contributed by atoms with Crippen LogP contribution in [0.3, 0.4) is 0 Å². The van der Waals surface area contributed by atoms with Gasteiger partial charge in [-0.1, -0.05) is 68.3 Å². The first-order valence-electron chi connectivity index (χ1n) is 12.0. The predicted molar refractivity (Wildman–Crippen MR) is 138 cm³/mol. The van der Waals surface area contributed by atoms with E-state index in [1.807, 2.05) is 24.0 Å². The molecule has 2 amide bonds. The summed E-state index contributed by atoms with van der Waals surface area (Å²) in [6, 6.07) is 7.27. The van der Waals surface area contributed by atoms with Crippen LogP contribution in [-0.2, 0) is 16.0 Å². The van der Waals surface area contributed by atoms with Crippen LogP contribution >= 0.6 is 34.5 Å². The van der Waals surface area contributed by atoms with Crippen molar-refractivity contribution in [2.24, 2.45) is 0 Å². The molecule has 7 heteroatoms. The second-order valence-electron chi connectivity index (χ2n) is 8.63. The van der Waals surface area contributed by atoms with Crippen LogP contribution in [0.15, 0.2) is 29.6 Å². The first-order valence-corrected chi connectivity index (χ1v) is 13.7. The molecule has 2 heterocycles.